The average molecular weight is 316 g/mol. The Morgan fingerprint density at radius 2 is 2.04 bits per heavy atom. The molecule has 2 aliphatic heterocycles. The number of piperidine rings is 2. The predicted octanol–water partition coefficient (Wildman–Crippen LogP) is 3.77. The van der Waals surface area contributed by atoms with Crippen LogP contribution in [0.15, 0.2) is 30.3 Å². The first-order valence-electron chi connectivity index (χ1n) is 9.03. The van der Waals surface area contributed by atoms with Gasteiger partial charge in [-0.2, -0.15) is 0 Å². The predicted molar refractivity (Wildman–Crippen MR) is 91.6 cm³/mol. The van der Waals surface area contributed by atoms with Gasteiger partial charge in [-0.05, 0) is 56.8 Å². The summed E-state index contributed by atoms with van der Waals surface area (Å²) in [6, 6.07) is 10.0. The second-order valence-corrected chi connectivity index (χ2v) is 6.77. The standard InChI is InChI=1S/C19H28N2O2/c1-2-3-12-20-13-7-8-16-15-21(14-11-18(16)20)19(22)23-17-9-5-4-6-10-17/h4-6,9-10,16,18H,2-3,7-8,11-15H2,1H3/t16-,18-/m0/s1. The number of carbonyl (C=O) groups excluding carboxylic acids is 1. The van der Waals surface area contributed by atoms with Gasteiger partial charge < -0.3 is 9.64 Å². The molecule has 23 heavy (non-hydrogen) atoms. The van der Waals surface area contributed by atoms with Crippen molar-refractivity contribution >= 4 is 6.09 Å². The van der Waals surface area contributed by atoms with Gasteiger partial charge in [-0.3, -0.25) is 4.90 Å². The third kappa shape index (κ3) is 4.05. The van der Waals surface area contributed by atoms with Crippen LogP contribution in [-0.4, -0.2) is 48.1 Å². The van der Waals surface area contributed by atoms with Crippen LogP contribution in [0.2, 0.25) is 0 Å². The third-order valence-corrected chi connectivity index (χ3v) is 5.19. The molecule has 0 aliphatic carbocycles. The van der Waals surface area contributed by atoms with E-state index >= 15 is 0 Å². The molecule has 2 saturated heterocycles. The lowest BCUT2D eigenvalue weighted by Gasteiger charge is -2.47. The zero-order valence-electron chi connectivity index (χ0n) is 14.1. The van der Waals surface area contributed by atoms with E-state index in [1.54, 1.807) is 0 Å². The summed E-state index contributed by atoms with van der Waals surface area (Å²) in [5.41, 5.74) is 0. The Kier molecular flexibility index (Phi) is 5.55. The van der Waals surface area contributed by atoms with Gasteiger partial charge in [0.2, 0.25) is 0 Å². The first-order valence-corrected chi connectivity index (χ1v) is 9.03. The molecule has 0 unspecified atom stereocenters. The summed E-state index contributed by atoms with van der Waals surface area (Å²) in [5, 5.41) is 0. The minimum Gasteiger partial charge on any atom is -0.410 e. The molecule has 2 atom stereocenters. The maximum absolute atomic E-state index is 12.4. The van der Waals surface area contributed by atoms with E-state index in [4.69, 9.17) is 4.74 Å². The summed E-state index contributed by atoms with van der Waals surface area (Å²) in [4.78, 5) is 17.0. The molecule has 126 valence electrons. The minimum atomic E-state index is -0.194. The van der Waals surface area contributed by atoms with E-state index in [2.05, 4.69) is 11.8 Å². The van der Waals surface area contributed by atoms with Crippen LogP contribution in [-0.2, 0) is 0 Å². The number of unbranched alkanes of at least 4 members (excludes halogenated alkanes) is 1. The number of para-hydroxylation sites is 1. The van der Waals surface area contributed by atoms with Crippen molar-refractivity contribution in [1.29, 1.82) is 0 Å². The maximum atomic E-state index is 12.4. The molecule has 0 spiro atoms. The number of hydrogen-bond donors (Lipinski definition) is 0. The number of fused-ring (bicyclic) bond motifs is 1. The van der Waals surface area contributed by atoms with E-state index in [0.717, 1.165) is 19.5 Å². The molecular weight excluding hydrogens is 288 g/mol. The molecule has 0 saturated carbocycles. The molecule has 0 N–H and O–H groups in total. The average Bonchev–Trinajstić information content (AvgIpc) is 2.60. The van der Waals surface area contributed by atoms with E-state index in [-0.39, 0.29) is 6.09 Å². The first kappa shape index (κ1) is 16.3. The quantitative estimate of drug-likeness (QED) is 0.847. The fraction of sp³-hybridized carbons (Fsp3) is 0.632. The van der Waals surface area contributed by atoms with Crippen LogP contribution in [0.5, 0.6) is 5.75 Å². The Bertz CT molecular complexity index is 505. The first-order chi connectivity index (χ1) is 11.3. The highest BCUT2D eigenvalue weighted by atomic mass is 16.6. The van der Waals surface area contributed by atoms with Crippen molar-refractivity contribution in [2.75, 3.05) is 26.2 Å². The molecule has 3 rings (SSSR count). The fourth-order valence-corrected chi connectivity index (χ4v) is 3.97. The van der Waals surface area contributed by atoms with Crippen LogP contribution in [0, 0.1) is 5.92 Å². The zero-order chi connectivity index (χ0) is 16.1. The highest BCUT2D eigenvalue weighted by molar-refractivity contribution is 5.70. The van der Waals surface area contributed by atoms with Crippen LogP contribution in [0.1, 0.15) is 39.0 Å². The van der Waals surface area contributed by atoms with Crippen molar-refractivity contribution in [1.82, 2.24) is 9.80 Å². The number of rotatable bonds is 4. The molecule has 0 radical (unpaired) electrons. The van der Waals surface area contributed by atoms with Gasteiger partial charge in [0, 0.05) is 19.1 Å². The fourth-order valence-electron chi connectivity index (χ4n) is 3.97. The maximum Gasteiger partial charge on any atom is 0.415 e. The van der Waals surface area contributed by atoms with Gasteiger partial charge in [0.25, 0.3) is 0 Å². The van der Waals surface area contributed by atoms with Gasteiger partial charge in [-0.1, -0.05) is 31.5 Å². The number of likely N-dealkylation sites (tertiary alicyclic amines) is 2. The lowest BCUT2D eigenvalue weighted by molar-refractivity contribution is 0.0267. The van der Waals surface area contributed by atoms with E-state index in [1.165, 1.54) is 38.8 Å². The molecule has 1 aromatic carbocycles. The van der Waals surface area contributed by atoms with E-state index in [9.17, 15) is 4.79 Å². The second-order valence-electron chi connectivity index (χ2n) is 6.77. The van der Waals surface area contributed by atoms with E-state index in [0.29, 0.717) is 17.7 Å². The summed E-state index contributed by atoms with van der Waals surface area (Å²) < 4.78 is 5.50. The third-order valence-electron chi connectivity index (χ3n) is 5.19. The lowest BCUT2D eigenvalue weighted by atomic mass is 9.84. The van der Waals surface area contributed by atoms with Crippen molar-refractivity contribution in [3.8, 4) is 5.75 Å². The summed E-state index contributed by atoms with van der Waals surface area (Å²) >= 11 is 0. The summed E-state index contributed by atoms with van der Waals surface area (Å²) in [6.07, 6.45) is 5.92. The van der Waals surface area contributed by atoms with E-state index in [1.807, 2.05) is 35.2 Å². The van der Waals surface area contributed by atoms with Gasteiger partial charge in [0.1, 0.15) is 5.75 Å². The van der Waals surface area contributed by atoms with Crippen molar-refractivity contribution < 1.29 is 9.53 Å². The molecule has 0 aromatic heterocycles. The lowest BCUT2D eigenvalue weighted by Crippen LogP contribution is -2.55. The topological polar surface area (TPSA) is 32.8 Å². The normalized spacial score (nSPS) is 25.0. The number of carbonyl (C=O) groups is 1. The second kappa shape index (κ2) is 7.82. The van der Waals surface area contributed by atoms with Crippen molar-refractivity contribution in [3.63, 3.8) is 0 Å². The van der Waals surface area contributed by atoms with Gasteiger partial charge in [-0.15, -0.1) is 0 Å². The molecule has 0 bridgehead atoms. The monoisotopic (exact) mass is 316 g/mol. The van der Waals surface area contributed by atoms with Crippen LogP contribution >= 0.6 is 0 Å². The Hall–Kier alpha value is -1.55. The zero-order valence-corrected chi connectivity index (χ0v) is 14.1. The number of hydrogen-bond acceptors (Lipinski definition) is 3. The number of nitrogens with zero attached hydrogens (tertiary/aromatic N) is 2. The van der Waals surface area contributed by atoms with E-state index < -0.39 is 0 Å². The number of benzene rings is 1. The molecular formula is C19H28N2O2. The Balaban J connectivity index is 1.56. The minimum absolute atomic E-state index is 0.194. The molecule has 1 aromatic rings. The summed E-state index contributed by atoms with van der Waals surface area (Å²) in [6.45, 7) is 6.36. The van der Waals surface area contributed by atoms with Gasteiger partial charge in [0.05, 0.1) is 0 Å². The molecule has 2 heterocycles. The highest BCUT2D eigenvalue weighted by Gasteiger charge is 2.37. The van der Waals surface area contributed by atoms with Gasteiger partial charge in [-0.25, -0.2) is 4.79 Å². The summed E-state index contributed by atoms with van der Waals surface area (Å²) in [5.74, 6) is 1.24. The molecule has 2 fully saturated rings. The Labute approximate surface area is 139 Å². The van der Waals surface area contributed by atoms with Crippen LogP contribution in [0.25, 0.3) is 0 Å². The largest absolute Gasteiger partial charge is 0.415 e. The Morgan fingerprint density at radius 1 is 1.22 bits per heavy atom. The van der Waals surface area contributed by atoms with Crippen LogP contribution in [0.3, 0.4) is 0 Å². The molecule has 1 amide bonds. The van der Waals surface area contributed by atoms with Crippen LogP contribution < -0.4 is 4.74 Å². The number of amides is 1. The molecule has 2 aliphatic rings. The van der Waals surface area contributed by atoms with Crippen LogP contribution in [0.4, 0.5) is 4.79 Å². The van der Waals surface area contributed by atoms with Crippen molar-refractivity contribution in [2.24, 2.45) is 5.92 Å². The van der Waals surface area contributed by atoms with Gasteiger partial charge >= 0.3 is 6.09 Å². The van der Waals surface area contributed by atoms with Crippen molar-refractivity contribution in [2.45, 2.75) is 45.1 Å². The molecule has 4 nitrogen and oxygen atoms in total. The SMILES string of the molecule is CCCCN1CCC[C@H]2CN(C(=O)Oc3ccccc3)CC[C@@H]21. The van der Waals surface area contributed by atoms with Gasteiger partial charge in [0.15, 0.2) is 0 Å². The van der Waals surface area contributed by atoms with Crippen molar-refractivity contribution in [3.05, 3.63) is 30.3 Å². The smallest absolute Gasteiger partial charge is 0.410 e. The summed E-state index contributed by atoms with van der Waals surface area (Å²) in [7, 11) is 0. The highest BCUT2D eigenvalue weighted by Crippen LogP contribution is 2.31. The molecule has 4 heteroatoms. The number of ether oxygens (including phenoxy) is 1. The Morgan fingerprint density at radius 3 is 2.83 bits per heavy atom.